The van der Waals surface area contributed by atoms with Crippen LogP contribution in [0.5, 0.6) is 5.75 Å². The van der Waals surface area contributed by atoms with E-state index in [0.29, 0.717) is 30.9 Å². The molecule has 0 amide bonds. The summed E-state index contributed by atoms with van der Waals surface area (Å²) in [5.41, 5.74) is 6.45. The number of phenolic OH excluding ortho intramolecular Hbond substituents is 1. The molecule has 9 heteroatoms. The van der Waals surface area contributed by atoms with Crippen molar-refractivity contribution < 1.29 is 10.0 Å². The summed E-state index contributed by atoms with van der Waals surface area (Å²) >= 11 is 0. The van der Waals surface area contributed by atoms with E-state index < -0.39 is 4.92 Å². The molecule has 1 aromatic heterocycles. The molecule has 0 spiro atoms. The molecule has 2 aromatic rings. The Morgan fingerprint density at radius 1 is 1.21 bits per heavy atom. The van der Waals surface area contributed by atoms with E-state index in [1.165, 1.54) is 6.20 Å². The average Bonchev–Trinajstić information content (AvgIpc) is 2.71. The van der Waals surface area contributed by atoms with Crippen LogP contribution in [0.15, 0.2) is 30.5 Å². The maximum atomic E-state index is 11.3. The smallest absolute Gasteiger partial charge is 0.329 e. The normalized spacial score (nSPS) is 19.2. The standard InChI is InChI=1S/C19H26N6O3/c20-9-13-4-6-14(7-5-13)10-21-18-17(25(27)28)12-23-19(24-18)22-11-15-2-1-3-16(26)8-15/h1-3,8,12-14,26H,4-7,9-11,20H2,(H2,21,22,23,24). The molecule has 0 bridgehead atoms. The molecule has 0 aliphatic heterocycles. The van der Waals surface area contributed by atoms with Gasteiger partial charge >= 0.3 is 5.69 Å². The Bertz CT molecular complexity index is 808. The first-order valence-corrected chi connectivity index (χ1v) is 9.52. The molecule has 0 radical (unpaired) electrons. The second-order valence-corrected chi connectivity index (χ2v) is 7.21. The third-order valence-electron chi connectivity index (χ3n) is 5.19. The number of nitro groups is 1. The summed E-state index contributed by atoms with van der Waals surface area (Å²) in [4.78, 5) is 19.1. The molecule has 5 N–H and O–H groups in total. The Morgan fingerprint density at radius 2 is 1.96 bits per heavy atom. The van der Waals surface area contributed by atoms with Gasteiger partial charge < -0.3 is 21.5 Å². The van der Waals surface area contributed by atoms with Gasteiger partial charge in [-0.2, -0.15) is 4.98 Å². The molecule has 0 unspecified atom stereocenters. The summed E-state index contributed by atoms with van der Waals surface area (Å²) < 4.78 is 0. The number of aromatic nitrogens is 2. The molecule has 0 saturated heterocycles. The quantitative estimate of drug-likeness (QED) is 0.401. The van der Waals surface area contributed by atoms with E-state index in [4.69, 9.17) is 5.73 Å². The van der Waals surface area contributed by atoms with Crippen LogP contribution in [0.2, 0.25) is 0 Å². The van der Waals surface area contributed by atoms with Crippen molar-refractivity contribution in [1.82, 2.24) is 9.97 Å². The fourth-order valence-electron chi connectivity index (χ4n) is 3.48. The van der Waals surface area contributed by atoms with Gasteiger partial charge in [-0.3, -0.25) is 10.1 Å². The van der Waals surface area contributed by atoms with Crippen molar-refractivity contribution in [3.8, 4) is 5.75 Å². The Labute approximate surface area is 163 Å². The highest BCUT2D eigenvalue weighted by Gasteiger charge is 2.22. The molecule has 3 rings (SSSR count). The zero-order chi connectivity index (χ0) is 19.9. The number of phenols is 1. The molecule has 1 aliphatic carbocycles. The minimum atomic E-state index is -0.479. The summed E-state index contributed by atoms with van der Waals surface area (Å²) in [5, 5.41) is 27.0. The molecule has 9 nitrogen and oxygen atoms in total. The van der Waals surface area contributed by atoms with Crippen LogP contribution >= 0.6 is 0 Å². The van der Waals surface area contributed by atoms with Crippen LogP contribution in [-0.2, 0) is 6.54 Å². The van der Waals surface area contributed by atoms with Gasteiger partial charge in [-0.15, -0.1) is 0 Å². The lowest BCUT2D eigenvalue weighted by molar-refractivity contribution is -0.384. The van der Waals surface area contributed by atoms with Crippen LogP contribution in [-0.4, -0.2) is 33.1 Å². The van der Waals surface area contributed by atoms with Crippen LogP contribution in [0, 0.1) is 22.0 Å². The van der Waals surface area contributed by atoms with Gasteiger partial charge in [0, 0.05) is 13.1 Å². The number of benzene rings is 1. The monoisotopic (exact) mass is 386 g/mol. The van der Waals surface area contributed by atoms with Crippen LogP contribution in [0.3, 0.4) is 0 Å². The van der Waals surface area contributed by atoms with Crippen molar-refractivity contribution in [1.29, 1.82) is 0 Å². The first kappa shape index (κ1) is 19.8. The zero-order valence-electron chi connectivity index (χ0n) is 15.7. The number of nitrogens with two attached hydrogens (primary N) is 1. The number of rotatable bonds is 8. The molecule has 1 aromatic carbocycles. The molecule has 150 valence electrons. The second-order valence-electron chi connectivity index (χ2n) is 7.21. The number of nitrogens with zero attached hydrogens (tertiary/aromatic N) is 3. The molecular formula is C19H26N6O3. The fourth-order valence-corrected chi connectivity index (χ4v) is 3.48. The third kappa shape index (κ3) is 5.29. The molecule has 28 heavy (non-hydrogen) atoms. The van der Waals surface area contributed by atoms with E-state index in [0.717, 1.165) is 37.8 Å². The lowest BCUT2D eigenvalue weighted by atomic mass is 9.82. The number of hydrogen-bond acceptors (Lipinski definition) is 8. The Kier molecular flexibility index (Phi) is 6.59. The summed E-state index contributed by atoms with van der Waals surface area (Å²) in [5.74, 6) is 1.75. The van der Waals surface area contributed by atoms with Gasteiger partial charge in [0.25, 0.3) is 0 Å². The predicted octanol–water partition coefficient (Wildman–Crippen LogP) is 2.88. The first-order chi connectivity index (χ1) is 13.5. The highest BCUT2D eigenvalue weighted by atomic mass is 16.6. The SMILES string of the molecule is NCC1CCC(CNc2nc(NCc3cccc(O)c3)ncc2[N+](=O)[O-])CC1. The van der Waals surface area contributed by atoms with Crippen molar-refractivity contribution in [2.45, 2.75) is 32.2 Å². The average molecular weight is 386 g/mol. The number of nitrogens with one attached hydrogen (secondary N) is 2. The maximum absolute atomic E-state index is 11.3. The zero-order valence-corrected chi connectivity index (χ0v) is 15.7. The molecule has 0 atom stereocenters. The van der Waals surface area contributed by atoms with Crippen molar-refractivity contribution in [3.63, 3.8) is 0 Å². The highest BCUT2D eigenvalue weighted by Crippen LogP contribution is 2.29. The number of hydrogen-bond donors (Lipinski definition) is 4. The van der Waals surface area contributed by atoms with Gasteiger partial charge in [0.2, 0.25) is 11.8 Å². The van der Waals surface area contributed by atoms with Crippen LogP contribution in [0.4, 0.5) is 17.5 Å². The van der Waals surface area contributed by atoms with E-state index in [9.17, 15) is 15.2 Å². The molecule has 1 fully saturated rings. The van der Waals surface area contributed by atoms with Crippen molar-refractivity contribution in [2.24, 2.45) is 17.6 Å². The van der Waals surface area contributed by atoms with Gasteiger partial charge in [0.1, 0.15) is 11.9 Å². The van der Waals surface area contributed by atoms with Crippen LogP contribution in [0.1, 0.15) is 31.2 Å². The Hall–Kier alpha value is -2.94. The minimum Gasteiger partial charge on any atom is -0.508 e. The minimum absolute atomic E-state index is 0.140. The molecule has 1 aliphatic rings. The lowest BCUT2D eigenvalue weighted by Crippen LogP contribution is -2.25. The van der Waals surface area contributed by atoms with E-state index in [-0.39, 0.29) is 17.3 Å². The Balaban J connectivity index is 1.63. The van der Waals surface area contributed by atoms with Gasteiger partial charge in [-0.1, -0.05) is 12.1 Å². The van der Waals surface area contributed by atoms with Crippen LogP contribution in [0.25, 0.3) is 0 Å². The highest BCUT2D eigenvalue weighted by molar-refractivity contribution is 5.57. The summed E-state index contributed by atoms with van der Waals surface area (Å²) in [6, 6.07) is 6.83. The largest absolute Gasteiger partial charge is 0.508 e. The van der Waals surface area contributed by atoms with Gasteiger partial charge in [0.05, 0.1) is 4.92 Å². The molecular weight excluding hydrogens is 360 g/mol. The second kappa shape index (κ2) is 9.32. The topological polar surface area (TPSA) is 139 Å². The molecule has 1 heterocycles. The number of anilines is 2. The van der Waals surface area contributed by atoms with E-state index in [1.807, 2.05) is 6.07 Å². The van der Waals surface area contributed by atoms with Gasteiger partial charge in [-0.05, 0) is 61.8 Å². The summed E-state index contributed by atoms with van der Waals surface area (Å²) in [7, 11) is 0. The van der Waals surface area contributed by atoms with Crippen molar-refractivity contribution >= 4 is 17.5 Å². The van der Waals surface area contributed by atoms with Gasteiger partial charge in [0.15, 0.2) is 0 Å². The Morgan fingerprint density at radius 3 is 2.64 bits per heavy atom. The van der Waals surface area contributed by atoms with Crippen molar-refractivity contribution in [3.05, 3.63) is 46.1 Å². The van der Waals surface area contributed by atoms with Crippen LogP contribution < -0.4 is 16.4 Å². The predicted molar refractivity (Wildman–Crippen MR) is 107 cm³/mol. The summed E-state index contributed by atoms with van der Waals surface area (Å²) in [6.45, 7) is 1.77. The fraction of sp³-hybridized carbons (Fsp3) is 0.474. The lowest BCUT2D eigenvalue weighted by Gasteiger charge is -2.27. The van der Waals surface area contributed by atoms with E-state index in [2.05, 4.69) is 20.6 Å². The maximum Gasteiger partial charge on any atom is 0.329 e. The van der Waals surface area contributed by atoms with Gasteiger partial charge in [-0.25, -0.2) is 4.98 Å². The van der Waals surface area contributed by atoms with E-state index in [1.54, 1.807) is 18.2 Å². The van der Waals surface area contributed by atoms with E-state index >= 15 is 0 Å². The molecule has 1 saturated carbocycles. The number of aromatic hydroxyl groups is 1. The first-order valence-electron chi connectivity index (χ1n) is 9.52. The third-order valence-corrected chi connectivity index (χ3v) is 5.19. The summed E-state index contributed by atoms with van der Waals surface area (Å²) in [6.07, 6.45) is 5.55. The van der Waals surface area contributed by atoms with Crippen molar-refractivity contribution in [2.75, 3.05) is 23.7 Å².